The second kappa shape index (κ2) is 2.85. The first-order valence-corrected chi connectivity index (χ1v) is 5.08. The van der Waals surface area contributed by atoms with Gasteiger partial charge in [-0.2, -0.15) is 0 Å². The fourth-order valence-corrected chi connectivity index (χ4v) is 2.06. The molecule has 1 aromatic heterocycles. The maximum absolute atomic E-state index is 5.92. The van der Waals surface area contributed by atoms with Gasteiger partial charge in [0.15, 0.2) is 0 Å². The van der Waals surface area contributed by atoms with E-state index in [1.165, 1.54) is 11.8 Å². The van der Waals surface area contributed by atoms with E-state index in [4.69, 9.17) is 10.2 Å². The average Bonchev–Trinajstić information content (AvgIpc) is 2.58. The lowest BCUT2D eigenvalue weighted by Gasteiger charge is -2.31. The van der Waals surface area contributed by atoms with Crippen molar-refractivity contribution in [3.05, 3.63) is 36.1 Å². The molecule has 1 aromatic carbocycles. The molecule has 14 heavy (non-hydrogen) atoms. The van der Waals surface area contributed by atoms with Gasteiger partial charge in [-0.05, 0) is 25.0 Å². The molecule has 1 aliphatic rings. The zero-order chi connectivity index (χ0) is 9.54. The van der Waals surface area contributed by atoms with Gasteiger partial charge in [0.05, 0.1) is 0 Å². The van der Waals surface area contributed by atoms with Crippen molar-refractivity contribution in [2.45, 2.75) is 24.8 Å². The molecule has 1 heterocycles. The summed E-state index contributed by atoms with van der Waals surface area (Å²) in [7, 11) is 0. The second-order valence-corrected chi connectivity index (χ2v) is 4.03. The summed E-state index contributed by atoms with van der Waals surface area (Å²) in [6.07, 6.45) is 2.29. The molecule has 2 N–H and O–H groups in total. The summed E-state index contributed by atoms with van der Waals surface area (Å²) >= 11 is 0. The van der Waals surface area contributed by atoms with Crippen molar-refractivity contribution >= 4 is 11.0 Å². The lowest BCUT2D eigenvalue weighted by atomic mass is 9.78. The van der Waals surface area contributed by atoms with Crippen molar-refractivity contribution in [3.8, 4) is 0 Å². The first kappa shape index (κ1) is 8.06. The van der Waals surface area contributed by atoms with Gasteiger partial charge in [-0.15, -0.1) is 0 Å². The molecule has 0 amide bonds. The molecule has 1 saturated carbocycles. The van der Waals surface area contributed by atoms with E-state index in [0.717, 1.165) is 17.8 Å². The maximum atomic E-state index is 5.92. The van der Waals surface area contributed by atoms with Crippen LogP contribution in [0.1, 0.15) is 24.5 Å². The van der Waals surface area contributed by atoms with Crippen LogP contribution in [0.25, 0.3) is 11.0 Å². The second-order valence-electron chi connectivity index (χ2n) is 4.03. The van der Waals surface area contributed by atoms with Crippen molar-refractivity contribution in [2.75, 3.05) is 0 Å². The molecule has 1 fully saturated rings. The minimum Gasteiger partial charge on any atom is -0.461 e. The molecule has 1 aliphatic carbocycles. The summed E-state index contributed by atoms with van der Waals surface area (Å²) in [5, 5.41) is 1.18. The Balaban J connectivity index is 2.06. The van der Waals surface area contributed by atoms with Crippen molar-refractivity contribution < 1.29 is 4.42 Å². The van der Waals surface area contributed by atoms with Crippen molar-refractivity contribution in [1.82, 2.24) is 0 Å². The zero-order valence-electron chi connectivity index (χ0n) is 7.94. The van der Waals surface area contributed by atoms with Crippen LogP contribution in [0, 0.1) is 0 Å². The lowest BCUT2D eigenvalue weighted by Crippen LogP contribution is -2.37. The zero-order valence-corrected chi connectivity index (χ0v) is 7.94. The Labute approximate surface area is 82.7 Å². The highest BCUT2D eigenvalue weighted by atomic mass is 16.3. The molecule has 3 rings (SSSR count). The van der Waals surface area contributed by atoms with Crippen LogP contribution in [0.15, 0.2) is 34.7 Å². The van der Waals surface area contributed by atoms with E-state index in [2.05, 4.69) is 12.1 Å². The minimum atomic E-state index is 0.301. The van der Waals surface area contributed by atoms with Crippen molar-refractivity contribution in [2.24, 2.45) is 5.73 Å². The number of hydrogen-bond acceptors (Lipinski definition) is 2. The topological polar surface area (TPSA) is 39.2 Å². The molecule has 0 spiro atoms. The number of hydrogen-bond donors (Lipinski definition) is 1. The van der Waals surface area contributed by atoms with Crippen molar-refractivity contribution in [1.29, 1.82) is 0 Å². The first-order chi connectivity index (χ1) is 6.84. The normalized spacial score (nSPS) is 26.4. The Hall–Kier alpha value is -1.28. The fourth-order valence-electron chi connectivity index (χ4n) is 2.06. The van der Waals surface area contributed by atoms with E-state index in [0.29, 0.717) is 12.0 Å². The number of nitrogens with two attached hydrogens (primary N) is 1. The first-order valence-electron chi connectivity index (χ1n) is 5.08. The fraction of sp³-hybridized carbons (Fsp3) is 0.333. The van der Waals surface area contributed by atoms with Gasteiger partial charge in [-0.25, -0.2) is 0 Å². The van der Waals surface area contributed by atoms with Gasteiger partial charge in [-0.3, -0.25) is 0 Å². The van der Waals surface area contributed by atoms with Crippen LogP contribution in [0.4, 0.5) is 0 Å². The summed E-state index contributed by atoms with van der Waals surface area (Å²) in [5.41, 5.74) is 6.89. The van der Waals surface area contributed by atoms with E-state index < -0.39 is 0 Å². The molecule has 2 heteroatoms. The molecule has 2 aromatic rings. The number of fused-ring (bicyclic) bond motifs is 1. The highest BCUT2D eigenvalue weighted by Gasteiger charge is 2.31. The highest BCUT2D eigenvalue weighted by molar-refractivity contribution is 5.77. The van der Waals surface area contributed by atoms with Crippen LogP contribution in [-0.4, -0.2) is 6.04 Å². The number of rotatable bonds is 1. The Morgan fingerprint density at radius 2 is 2.07 bits per heavy atom. The molecule has 2 nitrogen and oxygen atoms in total. The van der Waals surface area contributed by atoms with E-state index in [-0.39, 0.29) is 0 Å². The Bertz CT molecular complexity index is 427. The molecular weight excluding hydrogens is 174 g/mol. The predicted octanol–water partition coefficient (Wildman–Crippen LogP) is 2.64. The van der Waals surface area contributed by atoms with Crippen LogP contribution in [-0.2, 0) is 0 Å². The molecule has 2 atom stereocenters. The van der Waals surface area contributed by atoms with Crippen LogP contribution >= 0.6 is 0 Å². The van der Waals surface area contributed by atoms with Gasteiger partial charge in [-0.1, -0.05) is 18.2 Å². The molecule has 0 bridgehead atoms. The number of para-hydroxylation sites is 1. The third kappa shape index (κ3) is 1.07. The Morgan fingerprint density at radius 1 is 1.21 bits per heavy atom. The third-order valence-corrected chi connectivity index (χ3v) is 3.14. The largest absolute Gasteiger partial charge is 0.461 e. The maximum Gasteiger partial charge on any atom is 0.134 e. The summed E-state index contributed by atoms with van der Waals surface area (Å²) in [4.78, 5) is 0. The van der Waals surface area contributed by atoms with Gasteiger partial charge in [0.1, 0.15) is 11.3 Å². The van der Waals surface area contributed by atoms with E-state index >= 15 is 0 Å². The third-order valence-electron chi connectivity index (χ3n) is 3.14. The van der Waals surface area contributed by atoms with Gasteiger partial charge in [0.2, 0.25) is 0 Å². The van der Waals surface area contributed by atoms with Gasteiger partial charge >= 0.3 is 0 Å². The molecule has 0 aliphatic heterocycles. The van der Waals surface area contributed by atoms with Crippen molar-refractivity contribution in [3.63, 3.8) is 0 Å². The molecule has 72 valence electrons. The van der Waals surface area contributed by atoms with Gasteiger partial charge < -0.3 is 10.2 Å². The SMILES string of the molecule is NC1CCC1c1cc2ccccc2o1. The Kier molecular flexibility index (Phi) is 1.64. The molecule has 0 radical (unpaired) electrons. The number of benzene rings is 1. The molecular formula is C12H13NO. The minimum absolute atomic E-state index is 0.301. The molecule has 0 saturated heterocycles. The summed E-state index contributed by atoms with van der Waals surface area (Å²) in [6.45, 7) is 0. The average molecular weight is 187 g/mol. The van der Waals surface area contributed by atoms with Crippen LogP contribution in [0.3, 0.4) is 0 Å². The highest BCUT2D eigenvalue weighted by Crippen LogP contribution is 2.37. The van der Waals surface area contributed by atoms with E-state index in [1.54, 1.807) is 0 Å². The van der Waals surface area contributed by atoms with Crippen LogP contribution < -0.4 is 5.73 Å². The van der Waals surface area contributed by atoms with Gasteiger partial charge in [0.25, 0.3) is 0 Å². The number of furan rings is 1. The molecule has 2 unspecified atom stereocenters. The Morgan fingerprint density at radius 3 is 2.71 bits per heavy atom. The quantitative estimate of drug-likeness (QED) is 0.745. The van der Waals surface area contributed by atoms with E-state index in [9.17, 15) is 0 Å². The standard InChI is InChI=1S/C12H13NO/c13-10-6-5-9(10)12-7-8-3-1-2-4-11(8)14-12/h1-4,7,9-10H,5-6,13H2. The van der Waals surface area contributed by atoms with Gasteiger partial charge in [0, 0.05) is 17.3 Å². The van der Waals surface area contributed by atoms with Crippen LogP contribution in [0.2, 0.25) is 0 Å². The summed E-state index contributed by atoms with van der Waals surface area (Å²) < 4.78 is 5.76. The summed E-state index contributed by atoms with van der Waals surface area (Å²) in [5.74, 6) is 1.51. The summed E-state index contributed by atoms with van der Waals surface area (Å²) in [6, 6.07) is 10.5. The lowest BCUT2D eigenvalue weighted by molar-refractivity contribution is 0.303. The van der Waals surface area contributed by atoms with E-state index in [1.807, 2.05) is 18.2 Å². The van der Waals surface area contributed by atoms with Crippen LogP contribution in [0.5, 0.6) is 0 Å². The smallest absolute Gasteiger partial charge is 0.134 e. The predicted molar refractivity (Wildman–Crippen MR) is 56.2 cm³/mol. The monoisotopic (exact) mass is 187 g/mol.